The number of H-pyrrole nitrogens is 2. The molecular formula is C30H33N7O. The lowest BCUT2D eigenvalue weighted by Gasteiger charge is -2.11. The molecule has 0 radical (unpaired) electrons. The van der Waals surface area contributed by atoms with Crippen LogP contribution >= 0.6 is 0 Å². The fraction of sp³-hybridized carbons (Fsp3) is 0.267. The molecule has 194 valence electrons. The third kappa shape index (κ3) is 5.08. The molecule has 4 N–H and O–H groups in total. The first-order valence-corrected chi connectivity index (χ1v) is 13.0. The molecule has 38 heavy (non-hydrogen) atoms. The van der Waals surface area contributed by atoms with Crippen molar-refractivity contribution in [3.05, 3.63) is 77.7 Å². The second kappa shape index (κ2) is 11.0. The van der Waals surface area contributed by atoms with Crippen LogP contribution in [0, 0.1) is 12.8 Å². The van der Waals surface area contributed by atoms with Gasteiger partial charge in [-0.1, -0.05) is 57.2 Å². The zero-order valence-corrected chi connectivity index (χ0v) is 22.2. The molecule has 0 unspecified atom stereocenters. The number of aromatic amines is 2. The molecule has 8 heteroatoms. The molecule has 3 heterocycles. The number of hydrogen-bond acceptors (Lipinski definition) is 5. The van der Waals surface area contributed by atoms with Crippen molar-refractivity contribution in [1.82, 2.24) is 35.8 Å². The van der Waals surface area contributed by atoms with E-state index < -0.39 is 0 Å². The van der Waals surface area contributed by atoms with Crippen molar-refractivity contribution in [2.75, 3.05) is 13.1 Å². The van der Waals surface area contributed by atoms with E-state index in [2.05, 4.69) is 70.6 Å². The number of carbonyl (C=O) groups is 1. The first-order valence-electron chi connectivity index (χ1n) is 13.0. The SMILES string of the molecule is CCNCc1cncc(-c2ccc3[nH]nc(-c4nc(-c5ccccc5)c(C(=O)NCC(C)C)[nH]4)c3c2)c1C. The summed E-state index contributed by atoms with van der Waals surface area (Å²) in [6, 6.07) is 15.9. The van der Waals surface area contributed by atoms with Gasteiger partial charge in [0.15, 0.2) is 5.82 Å². The number of rotatable bonds is 9. The Balaban J connectivity index is 1.58. The topological polar surface area (TPSA) is 111 Å². The number of aromatic nitrogens is 5. The smallest absolute Gasteiger partial charge is 0.270 e. The second-order valence-electron chi connectivity index (χ2n) is 9.86. The quantitative estimate of drug-likeness (QED) is 0.211. The van der Waals surface area contributed by atoms with Gasteiger partial charge >= 0.3 is 0 Å². The summed E-state index contributed by atoms with van der Waals surface area (Å²) in [6.07, 6.45) is 3.83. The molecule has 0 aliphatic carbocycles. The molecule has 0 spiro atoms. The van der Waals surface area contributed by atoms with E-state index in [1.54, 1.807) is 0 Å². The minimum Gasteiger partial charge on any atom is -0.350 e. The third-order valence-electron chi connectivity index (χ3n) is 6.63. The highest BCUT2D eigenvalue weighted by molar-refractivity contribution is 6.00. The van der Waals surface area contributed by atoms with Gasteiger partial charge in [-0.2, -0.15) is 5.10 Å². The van der Waals surface area contributed by atoms with Gasteiger partial charge in [0.1, 0.15) is 17.1 Å². The summed E-state index contributed by atoms with van der Waals surface area (Å²) in [6.45, 7) is 10.6. The average molecular weight is 508 g/mol. The first kappa shape index (κ1) is 25.4. The molecule has 0 atom stereocenters. The van der Waals surface area contributed by atoms with Gasteiger partial charge in [0.25, 0.3) is 5.91 Å². The van der Waals surface area contributed by atoms with Crippen LogP contribution in [0.15, 0.2) is 60.9 Å². The van der Waals surface area contributed by atoms with Crippen molar-refractivity contribution in [3.63, 3.8) is 0 Å². The fourth-order valence-electron chi connectivity index (χ4n) is 4.50. The van der Waals surface area contributed by atoms with Gasteiger partial charge in [-0.15, -0.1) is 0 Å². The zero-order chi connectivity index (χ0) is 26.6. The van der Waals surface area contributed by atoms with Crippen LogP contribution in [0.5, 0.6) is 0 Å². The number of hydrogen-bond donors (Lipinski definition) is 4. The number of nitrogens with one attached hydrogen (secondary N) is 4. The minimum absolute atomic E-state index is 0.184. The van der Waals surface area contributed by atoms with Crippen LogP contribution < -0.4 is 10.6 Å². The molecule has 0 saturated heterocycles. The Labute approximate surface area is 222 Å². The van der Waals surface area contributed by atoms with Gasteiger partial charge in [0, 0.05) is 42.0 Å². The molecular weight excluding hydrogens is 474 g/mol. The molecule has 8 nitrogen and oxygen atoms in total. The Hall–Kier alpha value is -4.30. The first-order chi connectivity index (χ1) is 18.5. The number of pyridine rings is 1. The van der Waals surface area contributed by atoms with Crippen molar-refractivity contribution in [3.8, 4) is 33.9 Å². The molecule has 0 saturated carbocycles. The maximum absolute atomic E-state index is 13.2. The van der Waals surface area contributed by atoms with Crippen LogP contribution in [0.25, 0.3) is 44.8 Å². The number of imidazole rings is 1. The second-order valence-corrected chi connectivity index (χ2v) is 9.86. The van der Waals surface area contributed by atoms with E-state index in [-0.39, 0.29) is 5.91 Å². The monoisotopic (exact) mass is 507 g/mol. The van der Waals surface area contributed by atoms with E-state index in [4.69, 9.17) is 4.98 Å². The summed E-state index contributed by atoms with van der Waals surface area (Å²) in [5.74, 6) is 0.693. The molecule has 0 aliphatic heterocycles. The fourth-order valence-corrected chi connectivity index (χ4v) is 4.50. The largest absolute Gasteiger partial charge is 0.350 e. The Morgan fingerprint density at radius 3 is 2.61 bits per heavy atom. The lowest BCUT2D eigenvalue weighted by molar-refractivity contribution is 0.0945. The van der Waals surface area contributed by atoms with Crippen LogP contribution in [-0.4, -0.2) is 44.1 Å². The number of nitrogens with zero attached hydrogens (tertiary/aromatic N) is 3. The molecule has 0 bridgehead atoms. The van der Waals surface area contributed by atoms with Gasteiger partial charge in [-0.05, 0) is 48.2 Å². The minimum atomic E-state index is -0.184. The van der Waals surface area contributed by atoms with Gasteiger partial charge in [0.2, 0.25) is 0 Å². The maximum Gasteiger partial charge on any atom is 0.270 e. The van der Waals surface area contributed by atoms with Crippen molar-refractivity contribution < 1.29 is 4.79 Å². The predicted octanol–water partition coefficient (Wildman–Crippen LogP) is 5.49. The highest BCUT2D eigenvalue weighted by Crippen LogP contribution is 2.33. The Bertz CT molecular complexity index is 1570. The van der Waals surface area contributed by atoms with E-state index in [1.807, 2.05) is 48.8 Å². The molecule has 5 rings (SSSR count). The summed E-state index contributed by atoms with van der Waals surface area (Å²) in [5.41, 5.74) is 7.94. The van der Waals surface area contributed by atoms with Gasteiger partial charge in [-0.3, -0.25) is 14.9 Å². The summed E-state index contributed by atoms with van der Waals surface area (Å²) in [7, 11) is 0. The van der Waals surface area contributed by atoms with Gasteiger partial charge in [0.05, 0.1) is 5.52 Å². The third-order valence-corrected chi connectivity index (χ3v) is 6.63. The predicted molar refractivity (Wildman–Crippen MR) is 152 cm³/mol. The number of amides is 1. The van der Waals surface area contributed by atoms with Crippen molar-refractivity contribution in [1.29, 1.82) is 0 Å². The Morgan fingerprint density at radius 1 is 1.03 bits per heavy atom. The average Bonchev–Trinajstić information content (AvgIpc) is 3.56. The molecule has 5 aromatic rings. The summed E-state index contributed by atoms with van der Waals surface area (Å²) in [4.78, 5) is 25.8. The molecule has 2 aromatic carbocycles. The van der Waals surface area contributed by atoms with Gasteiger partial charge in [-0.25, -0.2) is 4.98 Å². The lowest BCUT2D eigenvalue weighted by Crippen LogP contribution is -2.28. The van der Waals surface area contributed by atoms with E-state index in [1.165, 1.54) is 11.1 Å². The number of fused-ring (bicyclic) bond motifs is 1. The standard InChI is InChI=1S/C30H33N7O/c1-5-31-15-22-16-32-17-24(19(22)4)21-11-12-25-23(13-21)27(37-36-25)29-34-26(20-9-7-6-8-10-20)28(35-29)30(38)33-14-18(2)3/h6-13,16-18,31H,5,14-15H2,1-4H3,(H,33,38)(H,34,35)(H,36,37). The highest BCUT2D eigenvalue weighted by Gasteiger charge is 2.22. The van der Waals surface area contributed by atoms with Crippen LogP contribution in [0.3, 0.4) is 0 Å². The van der Waals surface area contributed by atoms with Crippen LogP contribution in [0.2, 0.25) is 0 Å². The van der Waals surface area contributed by atoms with E-state index in [0.29, 0.717) is 35.4 Å². The lowest BCUT2D eigenvalue weighted by atomic mass is 9.98. The normalized spacial score (nSPS) is 11.4. The summed E-state index contributed by atoms with van der Waals surface area (Å²) < 4.78 is 0. The van der Waals surface area contributed by atoms with E-state index in [0.717, 1.165) is 40.7 Å². The molecule has 0 aliphatic rings. The van der Waals surface area contributed by atoms with Crippen molar-refractivity contribution in [2.45, 2.75) is 34.2 Å². The van der Waals surface area contributed by atoms with Crippen LogP contribution in [0.4, 0.5) is 0 Å². The number of benzene rings is 2. The molecule has 3 aromatic heterocycles. The summed E-state index contributed by atoms with van der Waals surface area (Å²) in [5, 5.41) is 15.0. The van der Waals surface area contributed by atoms with Crippen molar-refractivity contribution in [2.24, 2.45) is 5.92 Å². The zero-order valence-electron chi connectivity index (χ0n) is 22.2. The Morgan fingerprint density at radius 2 is 1.84 bits per heavy atom. The number of carbonyl (C=O) groups excluding carboxylic acids is 1. The van der Waals surface area contributed by atoms with E-state index >= 15 is 0 Å². The summed E-state index contributed by atoms with van der Waals surface area (Å²) >= 11 is 0. The molecule has 0 fully saturated rings. The highest BCUT2D eigenvalue weighted by atomic mass is 16.1. The van der Waals surface area contributed by atoms with Crippen LogP contribution in [-0.2, 0) is 6.54 Å². The van der Waals surface area contributed by atoms with Gasteiger partial charge < -0.3 is 15.6 Å². The maximum atomic E-state index is 13.2. The molecule has 1 amide bonds. The van der Waals surface area contributed by atoms with Crippen molar-refractivity contribution >= 4 is 16.8 Å². The Kier molecular flexibility index (Phi) is 7.33. The van der Waals surface area contributed by atoms with Crippen LogP contribution in [0.1, 0.15) is 42.4 Å². The van der Waals surface area contributed by atoms with E-state index in [9.17, 15) is 4.79 Å².